The molecule has 2 atom stereocenters. The first-order valence-corrected chi connectivity index (χ1v) is 23.0. The lowest BCUT2D eigenvalue weighted by molar-refractivity contribution is -0.889. The maximum Gasteiger partial charge on any atom is 0.306 e. The van der Waals surface area contributed by atoms with E-state index in [1.165, 1.54) is 96.3 Å². The molecule has 2 unspecified atom stereocenters. The second kappa shape index (κ2) is 39.4. The van der Waals surface area contributed by atoms with E-state index in [1.807, 2.05) is 0 Å². The molecule has 0 bridgehead atoms. The van der Waals surface area contributed by atoms with Gasteiger partial charge in [0.25, 0.3) is 0 Å². The van der Waals surface area contributed by atoms with Gasteiger partial charge in [0.15, 0.2) is 6.10 Å². The Balaban J connectivity index is 4.37. The summed E-state index contributed by atoms with van der Waals surface area (Å²) in [7, 11) is 5.40. The van der Waals surface area contributed by atoms with Gasteiger partial charge in [-0.2, -0.15) is 0 Å². The molecule has 0 amide bonds. The molecule has 0 saturated heterocycles. The van der Waals surface area contributed by atoms with E-state index in [9.17, 15) is 19.5 Å². The Morgan fingerprint density at radius 3 is 1.41 bits per heavy atom. The van der Waals surface area contributed by atoms with Gasteiger partial charge in [-0.3, -0.25) is 9.59 Å². The van der Waals surface area contributed by atoms with Gasteiger partial charge in [-0.15, -0.1) is 0 Å². The van der Waals surface area contributed by atoms with Gasteiger partial charge in [0.2, 0.25) is 0 Å². The van der Waals surface area contributed by atoms with Crippen LogP contribution >= 0.6 is 0 Å². The number of aliphatic carboxylic acids is 1. The lowest BCUT2D eigenvalue weighted by Crippen LogP contribution is -2.55. The third-order valence-corrected chi connectivity index (χ3v) is 10.3. The minimum atomic E-state index is -1.13. The second-order valence-electron chi connectivity index (χ2n) is 16.7. The van der Waals surface area contributed by atoms with E-state index in [4.69, 9.17) is 14.2 Å². The number of ether oxygens (including phenoxy) is 3. The Morgan fingerprint density at radius 1 is 0.536 bits per heavy atom. The molecule has 8 nitrogen and oxygen atoms in total. The highest BCUT2D eigenvalue weighted by atomic mass is 16.6. The number of carboxylic acids is 1. The molecule has 0 saturated carbocycles. The third-order valence-electron chi connectivity index (χ3n) is 10.3. The molecule has 8 heteroatoms. The minimum Gasteiger partial charge on any atom is -0.544 e. The van der Waals surface area contributed by atoms with Gasteiger partial charge in [-0.1, -0.05) is 153 Å². The van der Waals surface area contributed by atoms with Crippen LogP contribution in [0.4, 0.5) is 0 Å². The standard InChI is InChI=1S/C48H87NO7/c1-6-8-10-12-14-16-18-20-22-23-24-25-27-29-31-33-35-37-39-47(51)56-44(42-54-41-40-45(48(52)53)49(3,4)5)43-55-46(50)38-36-34-32-30-28-26-21-19-17-15-13-11-9-7-2/h22-26,28,44-45H,6-21,27,29-43H2,1-5H3/b23-22+,25-24+,28-26+. The second-order valence-corrected chi connectivity index (χ2v) is 16.7. The van der Waals surface area contributed by atoms with E-state index < -0.39 is 18.1 Å². The number of quaternary nitrogens is 1. The Bertz CT molecular complexity index is 1020. The number of unbranched alkanes of at least 4 members (excludes halogenated alkanes) is 22. The van der Waals surface area contributed by atoms with Gasteiger partial charge in [-0.05, 0) is 64.2 Å². The average Bonchev–Trinajstić information content (AvgIpc) is 3.15. The molecule has 326 valence electrons. The highest BCUT2D eigenvalue weighted by Crippen LogP contribution is 2.13. The lowest BCUT2D eigenvalue weighted by atomic mass is 10.1. The first kappa shape index (κ1) is 53.6. The zero-order valence-corrected chi connectivity index (χ0v) is 37.1. The van der Waals surface area contributed by atoms with Crippen molar-refractivity contribution in [3.8, 4) is 0 Å². The van der Waals surface area contributed by atoms with E-state index in [2.05, 4.69) is 50.3 Å². The molecule has 0 aliphatic carbocycles. The number of carbonyl (C=O) groups excluding carboxylic acids is 3. The Morgan fingerprint density at radius 2 is 0.946 bits per heavy atom. The summed E-state index contributed by atoms with van der Waals surface area (Å²) >= 11 is 0. The van der Waals surface area contributed by atoms with Crippen molar-refractivity contribution in [2.24, 2.45) is 0 Å². The summed E-state index contributed by atoms with van der Waals surface area (Å²) in [6.07, 6.45) is 44.5. The van der Waals surface area contributed by atoms with Gasteiger partial charge in [0, 0.05) is 19.3 Å². The van der Waals surface area contributed by atoms with Crippen LogP contribution in [0, 0.1) is 0 Å². The van der Waals surface area contributed by atoms with Crippen molar-refractivity contribution >= 4 is 17.9 Å². The van der Waals surface area contributed by atoms with Crippen LogP contribution in [0.15, 0.2) is 36.5 Å². The number of nitrogens with zero attached hydrogens (tertiary/aromatic N) is 1. The summed E-state index contributed by atoms with van der Waals surface area (Å²) in [6.45, 7) is 4.63. The highest BCUT2D eigenvalue weighted by Gasteiger charge is 2.25. The van der Waals surface area contributed by atoms with E-state index >= 15 is 0 Å². The SMILES string of the molecule is CCCCCCCCC/C=C/C=C/CCCCCCCC(=O)OC(COCCC(C(=O)[O-])[N+](C)(C)C)COC(=O)CCCCC/C=C/CCCCCCCCC. The largest absolute Gasteiger partial charge is 0.544 e. The molecule has 0 heterocycles. The predicted octanol–water partition coefficient (Wildman–Crippen LogP) is 11.3. The quantitative estimate of drug-likeness (QED) is 0.0200. The van der Waals surface area contributed by atoms with E-state index in [1.54, 1.807) is 21.1 Å². The summed E-state index contributed by atoms with van der Waals surface area (Å²) in [4.78, 5) is 36.9. The van der Waals surface area contributed by atoms with Crippen LogP contribution in [-0.4, -0.2) is 75.5 Å². The van der Waals surface area contributed by atoms with Crippen LogP contribution < -0.4 is 5.11 Å². The molecule has 0 rings (SSSR count). The van der Waals surface area contributed by atoms with Crippen molar-refractivity contribution in [2.75, 3.05) is 41.0 Å². The fourth-order valence-electron chi connectivity index (χ4n) is 6.64. The first-order chi connectivity index (χ1) is 27.1. The van der Waals surface area contributed by atoms with Crippen LogP contribution in [-0.2, 0) is 28.6 Å². The Labute approximate surface area is 344 Å². The fourth-order valence-corrected chi connectivity index (χ4v) is 6.64. The van der Waals surface area contributed by atoms with Crippen molar-refractivity contribution in [3.05, 3.63) is 36.5 Å². The van der Waals surface area contributed by atoms with Crippen molar-refractivity contribution in [1.29, 1.82) is 0 Å². The molecule has 0 spiro atoms. The van der Waals surface area contributed by atoms with Crippen molar-refractivity contribution < 1.29 is 38.2 Å². The fraction of sp³-hybridized carbons (Fsp3) is 0.812. The van der Waals surface area contributed by atoms with Gasteiger partial charge in [-0.25, -0.2) is 0 Å². The van der Waals surface area contributed by atoms with E-state index in [0.717, 1.165) is 70.6 Å². The molecular weight excluding hydrogens is 703 g/mol. The smallest absolute Gasteiger partial charge is 0.306 e. The number of likely N-dealkylation sites (N-methyl/N-ethyl adjacent to an activating group) is 1. The Kier molecular flexibility index (Phi) is 37.7. The van der Waals surface area contributed by atoms with Crippen LogP contribution in [0.2, 0.25) is 0 Å². The molecule has 0 radical (unpaired) electrons. The van der Waals surface area contributed by atoms with Crippen LogP contribution in [0.25, 0.3) is 0 Å². The monoisotopic (exact) mass is 790 g/mol. The molecule has 0 fully saturated rings. The normalized spacial score (nSPS) is 13.2. The molecule has 0 aromatic heterocycles. The summed E-state index contributed by atoms with van der Waals surface area (Å²) < 4.78 is 17.1. The lowest BCUT2D eigenvalue weighted by Gasteiger charge is -2.34. The van der Waals surface area contributed by atoms with Crippen LogP contribution in [0.1, 0.15) is 200 Å². The molecule has 0 aromatic rings. The molecule has 0 aliphatic heterocycles. The number of carbonyl (C=O) groups is 3. The maximum atomic E-state index is 12.7. The van der Waals surface area contributed by atoms with Gasteiger partial charge < -0.3 is 28.6 Å². The number of rotatable bonds is 41. The molecule has 56 heavy (non-hydrogen) atoms. The summed E-state index contributed by atoms with van der Waals surface area (Å²) in [5.74, 6) is -1.77. The number of carboxylic acid groups (broad SMARTS) is 1. The summed E-state index contributed by atoms with van der Waals surface area (Å²) in [6, 6.07) is -0.730. The van der Waals surface area contributed by atoms with Gasteiger partial charge in [0.05, 0.1) is 40.3 Å². The predicted molar refractivity (Wildman–Crippen MR) is 231 cm³/mol. The maximum absolute atomic E-state index is 12.7. The molecule has 0 aliphatic rings. The van der Waals surface area contributed by atoms with Crippen LogP contribution in [0.3, 0.4) is 0 Å². The van der Waals surface area contributed by atoms with E-state index in [-0.39, 0.29) is 42.7 Å². The molecule has 0 N–H and O–H groups in total. The van der Waals surface area contributed by atoms with Crippen LogP contribution in [0.5, 0.6) is 0 Å². The van der Waals surface area contributed by atoms with Crippen molar-refractivity contribution in [1.82, 2.24) is 0 Å². The number of esters is 2. The molecule has 0 aromatic carbocycles. The van der Waals surface area contributed by atoms with Crippen molar-refractivity contribution in [3.63, 3.8) is 0 Å². The first-order valence-electron chi connectivity index (χ1n) is 23.0. The highest BCUT2D eigenvalue weighted by molar-refractivity contribution is 5.70. The van der Waals surface area contributed by atoms with E-state index in [0.29, 0.717) is 12.8 Å². The number of hydrogen-bond acceptors (Lipinski definition) is 7. The number of allylic oxidation sites excluding steroid dienone is 6. The van der Waals surface area contributed by atoms with Gasteiger partial charge >= 0.3 is 11.9 Å². The zero-order chi connectivity index (χ0) is 41.4. The van der Waals surface area contributed by atoms with Crippen molar-refractivity contribution in [2.45, 2.75) is 212 Å². The zero-order valence-electron chi connectivity index (χ0n) is 37.1. The average molecular weight is 790 g/mol. The minimum absolute atomic E-state index is 0.0307. The summed E-state index contributed by atoms with van der Waals surface area (Å²) in [5.41, 5.74) is 0. The number of hydrogen-bond donors (Lipinski definition) is 0. The third kappa shape index (κ3) is 37.1. The molecular formula is C48H87NO7. The Hall–Kier alpha value is -2.45. The summed E-state index contributed by atoms with van der Waals surface area (Å²) in [5, 5.41) is 11.6. The topological polar surface area (TPSA) is 102 Å². The van der Waals surface area contributed by atoms with Gasteiger partial charge in [0.1, 0.15) is 12.6 Å².